The van der Waals surface area contributed by atoms with Crippen molar-refractivity contribution in [2.45, 2.75) is 13.3 Å². The molecule has 0 aliphatic heterocycles. The number of hydrogen-bond donors (Lipinski definition) is 0. The van der Waals surface area contributed by atoms with Crippen molar-refractivity contribution in [2.75, 3.05) is 0 Å². The van der Waals surface area contributed by atoms with Crippen molar-refractivity contribution in [3.63, 3.8) is 0 Å². The van der Waals surface area contributed by atoms with Gasteiger partial charge in [-0.1, -0.05) is 53.6 Å². The first kappa shape index (κ1) is 14.5. The van der Waals surface area contributed by atoms with Crippen molar-refractivity contribution >= 4 is 17.9 Å². The topological polar surface area (TPSA) is 34.9 Å². The summed E-state index contributed by atoms with van der Waals surface area (Å²) < 4.78 is 1.74. The van der Waals surface area contributed by atoms with Gasteiger partial charge in [0.05, 0.1) is 10.7 Å². The van der Waals surface area contributed by atoms with Crippen LogP contribution in [0.25, 0.3) is 5.69 Å². The number of carbonyl (C=O) groups is 1. The van der Waals surface area contributed by atoms with Crippen molar-refractivity contribution in [1.29, 1.82) is 0 Å². The number of nitrogens with zero attached hydrogens (tertiary/aromatic N) is 2. The van der Waals surface area contributed by atoms with Crippen LogP contribution < -0.4 is 0 Å². The summed E-state index contributed by atoms with van der Waals surface area (Å²) in [5.41, 5.74) is 4.49. The van der Waals surface area contributed by atoms with Crippen LogP contribution in [-0.4, -0.2) is 16.1 Å². The van der Waals surface area contributed by atoms with Gasteiger partial charge >= 0.3 is 0 Å². The molecule has 1 heterocycles. The maximum absolute atomic E-state index is 11.1. The van der Waals surface area contributed by atoms with Gasteiger partial charge in [-0.05, 0) is 30.7 Å². The van der Waals surface area contributed by atoms with Crippen molar-refractivity contribution < 1.29 is 4.79 Å². The van der Waals surface area contributed by atoms with Gasteiger partial charge in [0, 0.05) is 12.1 Å². The molecule has 3 aromatic rings. The largest absolute Gasteiger partial charge is 0.296 e. The molecule has 0 bridgehead atoms. The molecule has 0 aliphatic carbocycles. The maximum Gasteiger partial charge on any atom is 0.170 e. The van der Waals surface area contributed by atoms with Gasteiger partial charge in [-0.3, -0.25) is 4.79 Å². The minimum absolute atomic E-state index is 0.405. The minimum atomic E-state index is 0.405. The molecular formula is C18H15ClN2O. The van der Waals surface area contributed by atoms with Crippen LogP contribution in [0.3, 0.4) is 0 Å². The molecule has 3 nitrogen and oxygen atoms in total. The molecule has 3 rings (SSSR count). The molecular weight excluding hydrogens is 296 g/mol. The van der Waals surface area contributed by atoms with Crippen LogP contribution >= 0.6 is 11.6 Å². The average molecular weight is 311 g/mol. The lowest BCUT2D eigenvalue weighted by Gasteiger charge is -2.09. The second kappa shape index (κ2) is 6.16. The van der Waals surface area contributed by atoms with E-state index < -0.39 is 0 Å². The maximum atomic E-state index is 11.1. The van der Waals surface area contributed by atoms with E-state index in [1.807, 2.05) is 24.3 Å². The first-order chi connectivity index (χ1) is 10.7. The van der Waals surface area contributed by atoms with Crippen LogP contribution in [0.4, 0.5) is 0 Å². The van der Waals surface area contributed by atoms with E-state index in [2.05, 4.69) is 36.3 Å². The van der Waals surface area contributed by atoms with Crippen LogP contribution in [0.15, 0.2) is 54.6 Å². The van der Waals surface area contributed by atoms with Crippen molar-refractivity contribution in [3.05, 3.63) is 82.1 Å². The fourth-order valence-corrected chi connectivity index (χ4v) is 2.59. The van der Waals surface area contributed by atoms with Crippen LogP contribution in [0.2, 0.25) is 5.02 Å². The lowest BCUT2D eigenvalue weighted by molar-refractivity contribution is 0.111. The predicted octanol–water partition coefficient (Wildman–Crippen LogP) is 4.24. The molecule has 22 heavy (non-hydrogen) atoms. The summed E-state index contributed by atoms with van der Waals surface area (Å²) in [5.74, 6) is 0. The van der Waals surface area contributed by atoms with Crippen molar-refractivity contribution in [2.24, 2.45) is 0 Å². The van der Waals surface area contributed by atoms with Crippen LogP contribution in [-0.2, 0) is 6.42 Å². The zero-order chi connectivity index (χ0) is 15.5. The molecule has 0 unspecified atom stereocenters. The first-order valence-corrected chi connectivity index (χ1v) is 7.40. The number of hydrogen-bond acceptors (Lipinski definition) is 2. The predicted molar refractivity (Wildman–Crippen MR) is 87.9 cm³/mol. The van der Waals surface area contributed by atoms with Gasteiger partial charge in [-0.25, -0.2) is 4.68 Å². The summed E-state index contributed by atoms with van der Waals surface area (Å²) in [4.78, 5) is 11.1. The van der Waals surface area contributed by atoms with E-state index in [9.17, 15) is 4.79 Å². The number of aromatic nitrogens is 2. The van der Waals surface area contributed by atoms with Gasteiger partial charge in [0.25, 0.3) is 0 Å². The number of para-hydroxylation sites is 1. The Morgan fingerprint density at radius 3 is 2.55 bits per heavy atom. The highest BCUT2D eigenvalue weighted by Gasteiger charge is 2.12. The van der Waals surface area contributed by atoms with Crippen LogP contribution in [0.5, 0.6) is 0 Å². The lowest BCUT2D eigenvalue weighted by atomic mass is 10.1. The van der Waals surface area contributed by atoms with Gasteiger partial charge in [-0.15, -0.1) is 0 Å². The molecule has 0 N–H and O–H groups in total. The van der Waals surface area contributed by atoms with Crippen LogP contribution in [0, 0.1) is 6.92 Å². The summed E-state index contributed by atoms with van der Waals surface area (Å²) >= 11 is 6.26. The third-order valence-corrected chi connectivity index (χ3v) is 3.83. The molecule has 110 valence electrons. The highest BCUT2D eigenvalue weighted by molar-refractivity contribution is 6.32. The summed E-state index contributed by atoms with van der Waals surface area (Å²) in [5, 5.41) is 4.94. The van der Waals surface area contributed by atoms with E-state index in [1.54, 1.807) is 10.7 Å². The Labute approximate surface area is 134 Å². The SMILES string of the molecule is Cc1ccc(Cc2cc(C=O)nn2-c2ccccc2Cl)cc1. The van der Waals surface area contributed by atoms with E-state index >= 15 is 0 Å². The van der Waals surface area contributed by atoms with Crippen molar-refractivity contribution in [3.8, 4) is 5.69 Å². The Morgan fingerprint density at radius 2 is 1.86 bits per heavy atom. The molecule has 0 amide bonds. The summed E-state index contributed by atoms with van der Waals surface area (Å²) in [7, 11) is 0. The standard InChI is InChI=1S/C18H15ClN2O/c1-13-6-8-14(9-7-13)10-16-11-15(12-22)20-21(16)18-5-3-2-4-17(18)19/h2-9,11-12H,10H2,1H3. The third kappa shape index (κ3) is 2.95. The zero-order valence-electron chi connectivity index (χ0n) is 12.2. The van der Waals surface area contributed by atoms with Crippen LogP contribution in [0.1, 0.15) is 27.3 Å². The third-order valence-electron chi connectivity index (χ3n) is 3.51. The molecule has 0 atom stereocenters. The van der Waals surface area contributed by atoms with Gasteiger partial charge in [0.1, 0.15) is 5.69 Å². The molecule has 0 aliphatic rings. The minimum Gasteiger partial charge on any atom is -0.296 e. The molecule has 0 fully saturated rings. The second-order valence-electron chi connectivity index (χ2n) is 5.20. The number of halogens is 1. The van der Waals surface area contributed by atoms with E-state index in [4.69, 9.17) is 11.6 Å². The van der Waals surface area contributed by atoms with E-state index in [0.717, 1.165) is 23.2 Å². The van der Waals surface area contributed by atoms with Crippen molar-refractivity contribution in [1.82, 2.24) is 9.78 Å². The Hall–Kier alpha value is -2.39. The second-order valence-corrected chi connectivity index (χ2v) is 5.61. The molecule has 4 heteroatoms. The quantitative estimate of drug-likeness (QED) is 0.676. The number of aldehydes is 1. The summed E-state index contributed by atoms with van der Waals surface area (Å²) in [6, 6.07) is 17.6. The molecule has 0 saturated heterocycles. The Kier molecular flexibility index (Phi) is 4.07. The number of benzene rings is 2. The summed E-state index contributed by atoms with van der Waals surface area (Å²) in [6.45, 7) is 2.06. The highest BCUT2D eigenvalue weighted by Crippen LogP contribution is 2.23. The molecule has 0 saturated carbocycles. The fraction of sp³-hybridized carbons (Fsp3) is 0.111. The lowest BCUT2D eigenvalue weighted by Crippen LogP contribution is -2.04. The van der Waals surface area contributed by atoms with Gasteiger partial charge in [0.15, 0.2) is 6.29 Å². The Bertz CT molecular complexity index is 806. The zero-order valence-corrected chi connectivity index (χ0v) is 12.9. The molecule has 1 aromatic heterocycles. The van der Waals surface area contributed by atoms with E-state index in [-0.39, 0.29) is 0 Å². The summed E-state index contributed by atoms with van der Waals surface area (Å²) in [6.07, 6.45) is 1.44. The first-order valence-electron chi connectivity index (χ1n) is 7.02. The van der Waals surface area contributed by atoms with E-state index in [0.29, 0.717) is 17.1 Å². The molecule has 0 spiro atoms. The van der Waals surface area contributed by atoms with Gasteiger partial charge < -0.3 is 0 Å². The Balaban J connectivity index is 2.04. The fourth-order valence-electron chi connectivity index (χ4n) is 2.37. The molecule has 0 radical (unpaired) electrons. The number of rotatable bonds is 4. The number of aryl methyl sites for hydroxylation is 1. The average Bonchev–Trinajstić information content (AvgIpc) is 2.93. The number of carbonyl (C=O) groups excluding carboxylic acids is 1. The smallest absolute Gasteiger partial charge is 0.170 e. The highest BCUT2D eigenvalue weighted by atomic mass is 35.5. The van der Waals surface area contributed by atoms with Gasteiger partial charge in [0.2, 0.25) is 0 Å². The monoisotopic (exact) mass is 310 g/mol. The normalized spacial score (nSPS) is 10.6. The Morgan fingerprint density at radius 1 is 1.14 bits per heavy atom. The van der Waals surface area contributed by atoms with Gasteiger partial charge in [-0.2, -0.15) is 5.10 Å². The van der Waals surface area contributed by atoms with E-state index in [1.165, 1.54) is 5.56 Å². The molecule has 2 aromatic carbocycles.